The molecule has 0 bridgehead atoms. The van der Waals surface area contributed by atoms with E-state index in [1.807, 2.05) is 13.8 Å². The number of carbonyl (C=O) groups is 2. The highest BCUT2D eigenvalue weighted by atomic mass is 35.5. The third kappa shape index (κ3) is 7.32. The van der Waals surface area contributed by atoms with Crippen LogP contribution in [-0.4, -0.2) is 50.0 Å². The number of nitrogens with one attached hydrogen (secondary N) is 1. The average molecular weight is 532 g/mol. The van der Waals surface area contributed by atoms with Crippen molar-refractivity contribution in [2.24, 2.45) is 0 Å². The molecule has 11 heteroatoms. The van der Waals surface area contributed by atoms with E-state index in [0.29, 0.717) is 6.42 Å². The molecular formula is C23H28Cl2FN3O4S. The van der Waals surface area contributed by atoms with Crippen molar-refractivity contribution in [1.82, 2.24) is 10.2 Å². The van der Waals surface area contributed by atoms with Gasteiger partial charge in [-0.25, -0.2) is 12.8 Å². The fourth-order valence-electron chi connectivity index (χ4n) is 3.13. The lowest BCUT2D eigenvalue weighted by atomic mass is 10.1. The Balaban J connectivity index is 2.45. The second kappa shape index (κ2) is 11.9. The highest BCUT2D eigenvalue weighted by molar-refractivity contribution is 7.92. The van der Waals surface area contributed by atoms with Crippen molar-refractivity contribution in [3.8, 4) is 0 Å². The number of rotatable bonds is 10. The zero-order valence-corrected chi connectivity index (χ0v) is 21.7. The molecule has 0 saturated carbocycles. The molecule has 2 aromatic rings. The normalized spacial score (nSPS) is 13.1. The number of hydrogen-bond donors (Lipinski definition) is 1. The molecule has 0 fully saturated rings. The molecule has 186 valence electrons. The van der Waals surface area contributed by atoms with E-state index in [2.05, 4.69) is 5.32 Å². The number of amides is 2. The van der Waals surface area contributed by atoms with E-state index in [1.165, 1.54) is 43.3 Å². The van der Waals surface area contributed by atoms with Gasteiger partial charge in [0.15, 0.2) is 0 Å². The van der Waals surface area contributed by atoms with Crippen molar-refractivity contribution in [3.05, 3.63) is 63.9 Å². The SMILES string of the molecule is CC[C@@H](C)NC(=O)[C@@H](C)N(Cc1ccccc1F)C(=O)CN(c1cc(Cl)ccc1Cl)S(C)(=O)=O. The summed E-state index contributed by atoms with van der Waals surface area (Å²) >= 11 is 12.2. The molecule has 7 nitrogen and oxygen atoms in total. The Bertz CT molecular complexity index is 1150. The van der Waals surface area contributed by atoms with Gasteiger partial charge in [-0.05, 0) is 44.5 Å². The summed E-state index contributed by atoms with van der Waals surface area (Å²) in [4.78, 5) is 27.4. The Hall–Kier alpha value is -2.36. The monoisotopic (exact) mass is 531 g/mol. The summed E-state index contributed by atoms with van der Waals surface area (Å²) in [7, 11) is -3.97. The standard InChI is InChI=1S/C23H28Cl2FN3O4S/c1-5-15(2)27-23(31)16(3)28(13-17-8-6-7-9-20(17)26)22(30)14-29(34(4,32)33)21-12-18(24)10-11-19(21)25/h6-12,15-16H,5,13-14H2,1-4H3,(H,27,31)/t15-,16-/m1/s1. The van der Waals surface area contributed by atoms with Gasteiger partial charge in [-0.2, -0.15) is 0 Å². The first kappa shape index (κ1) is 27.9. The van der Waals surface area contributed by atoms with E-state index < -0.39 is 40.2 Å². The minimum Gasteiger partial charge on any atom is -0.352 e. The van der Waals surface area contributed by atoms with E-state index in [4.69, 9.17) is 23.2 Å². The fraction of sp³-hybridized carbons (Fsp3) is 0.391. The first-order valence-electron chi connectivity index (χ1n) is 10.6. The van der Waals surface area contributed by atoms with E-state index in [0.717, 1.165) is 15.5 Å². The summed E-state index contributed by atoms with van der Waals surface area (Å²) in [6.45, 7) is 4.33. The molecule has 0 radical (unpaired) electrons. The predicted molar refractivity (Wildman–Crippen MR) is 133 cm³/mol. The molecular weight excluding hydrogens is 504 g/mol. The smallest absolute Gasteiger partial charge is 0.244 e. The van der Waals surface area contributed by atoms with Crippen LogP contribution in [0.1, 0.15) is 32.8 Å². The van der Waals surface area contributed by atoms with E-state index in [1.54, 1.807) is 6.07 Å². The summed E-state index contributed by atoms with van der Waals surface area (Å²) in [5.41, 5.74) is 0.207. The van der Waals surface area contributed by atoms with E-state index in [9.17, 15) is 22.4 Å². The van der Waals surface area contributed by atoms with E-state index in [-0.39, 0.29) is 33.9 Å². The van der Waals surface area contributed by atoms with Crippen molar-refractivity contribution in [2.45, 2.75) is 45.8 Å². The molecule has 34 heavy (non-hydrogen) atoms. The van der Waals surface area contributed by atoms with Gasteiger partial charge < -0.3 is 10.2 Å². The first-order chi connectivity index (χ1) is 15.8. The third-order valence-corrected chi connectivity index (χ3v) is 7.00. The predicted octanol–water partition coefficient (Wildman–Crippen LogP) is 4.23. The number of nitrogens with zero attached hydrogens (tertiary/aromatic N) is 2. The Morgan fingerprint density at radius 1 is 1.12 bits per heavy atom. The number of hydrogen-bond acceptors (Lipinski definition) is 4. The Kier molecular flexibility index (Phi) is 9.73. The topological polar surface area (TPSA) is 86.8 Å². The highest BCUT2D eigenvalue weighted by Gasteiger charge is 2.31. The van der Waals surface area contributed by atoms with Crippen molar-refractivity contribution in [2.75, 3.05) is 17.1 Å². The number of anilines is 1. The lowest BCUT2D eigenvalue weighted by Gasteiger charge is -2.32. The van der Waals surface area contributed by atoms with Crippen molar-refractivity contribution < 1.29 is 22.4 Å². The zero-order valence-electron chi connectivity index (χ0n) is 19.4. The van der Waals surface area contributed by atoms with Crippen LogP contribution in [0.5, 0.6) is 0 Å². The van der Waals surface area contributed by atoms with Gasteiger partial charge in [0.2, 0.25) is 21.8 Å². The van der Waals surface area contributed by atoms with Gasteiger partial charge in [0.1, 0.15) is 18.4 Å². The summed E-state index contributed by atoms with van der Waals surface area (Å²) < 4.78 is 40.3. The molecule has 1 N–H and O–H groups in total. The molecule has 0 unspecified atom stereocenters. The lowest BCUT2D eigenvalue weighted by Crippen LogP contribution is -2.52. The number of halogens is 3. The number of sulfonamides is 1. The van der Waals surface area contributed by atoms with Crippen LogP contribution in [0.15, 0.2) is 42.5 Å². The molecule has 0 aliphatic heterocycles. The maximum absolute atomic E-state index is 14.4. The quantitative estimate of drug-likeness (QED) is 0.496. The van der Waals surface area contributed by atoms with Crippen molar-refractivity contribution in [1.29, 1.82) is 0 Å². The second-order valence-corrected chi connectivity index (χ2v) is 10.7. The zero-order chi connectivity index (χ0) is 25.6. The average Bonchev–Trinajstić information content (AvgIpc) is 2.77. The van der Waals surface area contributed by atoms with Gasteiger partial charge in [0.05, 0.1) is 17.0 Å². The molecule has 2 aromatic carbocycles. The van der Waals surface area contributed by atoms with Crippen LogP contribution in [0.4, 0.5) is 10.1 Å². The minimum absolute atomic E-state index is 0.0209. The number of benzene rings is 2. The van der Waals surface area contributed by atoms with Crippen molar-refractivity contribution in [3.63, 3.8) is 0 Å². The molecule has 0 aliphatic carbocycles. The van der Waals surface area contributed by atoms with Gasteiger partial charge in [-0.1, -0.05) is 48.3 Å². The van der Waals surface area contributed by atoms with Crippen LogP contribution >= 0.6 is 23.2 Å². The summed E-state index contributed by atoms with van der Waals surface area (Å²) in [5, 5.41) is 3.10. The fourth-order valence-corrected chi connectivity index (χ4v) is 4.42. The van der Waals surface area contributed by atoms with Gasteiger partial charge in [-0.15, -0.1) is 0 Å². The Morgan fingerprint density at radius 2 is 1.76 bits per heavy atom. The first-order valence-corrected chi connectivity index (χ1v) is 13.2. The molecule has 0 heterocycles. The van der Waals surface area contributed by atoms with Gasteiger partial charge in [0.25, 0.3) is 0 Å². The molecule has 0 aromatic heterocycles. The minimum atomic E-state index is -3.97. The van der Waals surface area contributed by atoms with Gasteiger partial charge in [-0.3, -0.25) is 13.9 Å². The molecule has 2 rings (SSSR count). The number of carbonyl (C=O) groups excluding carboxylic acids is 2. The molecule has 2 atom stereocenters. The molecule has 2 amide bonds. The Labute approximate surface area is 209 Å². The second-order valence-electron chi connectivity index (χ2n) is 7.97. The van der Waals surface area contributed by atoms with Crippen LogP contribution in [0.3, 0.4) is 0 Å². The van der Waals surface area contributed by atoms with Crippen LogP contribution in [0.25, 0.3) is 0 Å². The van der Waals surface area contributed by atoms with Crippen LogP contribution in [0.2, 0.25) is 10.0 Å². The van der Waals surface area contributed by atoms with Gasteiger partial charge >= 0.3 is 0 Å². The summed E-state index contributed by atoms with van der Waals surface area (Å²) in [6.07, 6.45) is 1.60. The van der Waals surface area contributed by atoms with Gasteiger partial charge in [0, 0.05) is 23.2 Å². The largest absolute Gasteiger partial charge is 0.352 e. The van der Waals surface area contributed by atoms with E-state index >= 15 is 0 Å². The molecule has 0 aliphatic rings. The van der Waals surface area contributed by atoms with Crippen LogP contribution < -0.4 is 9.62 Å². The molecule has 0 spiro atoms. The lowest BCUT2D eigenvalue weighted by molar-refractivity contribution is -0.139. The van der Waals surface area contributed by atoms with Crippen LogP contribution in [0, 0.1) is 5.82 Å². The summed E-state index contributed by atoms with van der Waals surface area (Å²) in [6, 6.07) is 8.96. The Morgan fingerprint density at radius 3 is 2.35 bits per heavy atom. The van der Waals surface area contributed by atoms with Crippen LogP contribution in [-0.2, 0) is 26.2 Å². The highest BCUT2D eigenvalue weighted by Crippen LogP contribution is 2.31. The van der Waals surface area contributed by atoms with Crippen molar-refractivity contribution >= 4 is 50.7 Å². The molecule has 0 saturated heterocycles. The maximum Gasteiger partial charge on any atom is 0.244 e. The third-order valence-electron chi connectivity index (χ3n) is 5.32. The maximum atomic E-state index is 14.4. The summed E-state index contributed by atoms with van der Waals surface area (Å²) in [5.74, 6) is -1.70.